The standard InChI is InChI=1S/C23H30BrNO5/c1-13-11-16-15(9-10-18(25-16)29-14(2)26)20(24)19(13)17(30-23(6,7)8)12-28-21(27)22(3,4)5/h9-11,17H,12H2,1-8H3. The number of nitrogens with zero attached hydrogens (tertiary/aromatic N) is 1. The Hall–Kier alpha value is -1.99. The second kappa shape index (κ2) is 9.02. The molecule has 0 spiro atoms. The van der Waals surface area contributed by atoms with Crippen molar-refractivity contribution in [1.29, 1.82) is 0 Å². The second-order valence-electron chi connectivity index (χ2n) is 9.30. The van der Waals surface area contributed by atoms with E-state index in [2.05, 4.69) is 20.9 Å². The lowest BCUT2D eigenvalue weighted by Gasteiger charge is -2.30. The van der Waals surface area contributed by atoms with Crippen LogP contribution >= 0.6 is 15.9 Å². The molecule has 1 aromatic carbocycles. The minimum absolute atomic E-state index is 0.0945. The highest BCUT2D eigenvalue weighted by Gasteiger charge is 2.29. The van der Waals surface area contributed by atoms with E-state index in [0.717, 1.165) is 21.0 Å². The van der Waals surface area contributed by atoms with Gasteiger partial charge in [0.25, 0.3) is 0 Å². The van der Waals surface area contributed by atoms with Crippen molar-refractivity contribution in [2.24, 2.45) is 5.41 Å². The number of carbonyl (C=O) groups excluding carboxylic acids is 2. The number of carbonyl (C=O) groups is 2. The summed E-state index contributed by atoms with van der Waals surface area (Å²) in [5, 5.41) is 0.844. The average Bonchev–Trinajstić information content (AvgIpc) is 2.56. The van der Waals surface area contributed by atoms with Crippen molar-refractivity contribution < 1.29 is 23.8 Å². The first-order valence-electron chi connectivity index (χ1n) is 9.82. The summed E-state index contributed by atoms with van der Waals surface area (Å²) in [5.41, 5.74) is 1.45. The van der Waals surface area contributed by atoms with Gasteiger partial charge in [-0.1, -0.05) is 0 Å². The molecule has 30 heavy (non-hydrogen) atoms. The summed E-state index contributed by atoms with van der Waals surface area (Å²) in [6.45, 7) is 14.7. The molecule has 0 saturated heterocycles. The van der Waals surface area contributed by atoms with Gasteiger partial charge >= 0.3 is 11.9 Å². The number of pyridine rings is 1. The number of esters is 2. The van der Waals surface area contributed by atoms with E-state index in [0.29, 0.717) is 5.52 Å². The smallest absolute Gasteiger partial charge is 0.311 e. The number of aromatic nitrogens is 1. The maximum atomic E-state index is 12.3. The number of benzene rings is 1. The first-order valence-corrected chi connectivity index (χ1v) is 10.6. The SMILES string of the molecule is CC(=O)Oc1ccc2c(Br)c(C(COC(=O)C(C)(C)C)OC(C)(C)C)c(C)cc2n1. The first-order chi connectivity index (χ1) is 13.7. The van der Waals surface area contributed by atoms with Crippen LogP contribution in [0.4, 0.5) is 0 Å². The fraction of sp³-hybridized carbons (Fsp3) is 0.522. The Labute approximate surface area is 186 Å². The zero-order chi connectivity index (χ0) is 22.9. The van der Waals surface area contributed by atoms with Gasteiger partial charge in [-0.3, -0.25) is 9.59 Å². The lowest BCUT2D eigenvalue weighted by atomic mass is 9.97. The van der Waals surface area contributed by atoms with Crippen LogP contribution in [0, 0.1) is 12.3 Å². The zero-order valence-corrected chi connectivity index (χ0v) is 20.5. The van der Waals surface area contributed by atoms with E-state index in [1.807, 2.05) is 60.6 Å². The van der Waals surface area contributed by atoms with Crippen molar-refractivity contribution >= 4 is 38.8 Å². The molecule has 0 aliphatic heterocycles. The number of aryl methyl sites for hydroxylation is 1. The third kappa shape index (κ3) is 6.25. The van der Waals surface area contributed by atoms with Gasteiger partial charge in [-0.05, 0) is 82.1 Å². The number of hydrogen-bond donors (Lipinski definition) is 0. The van der Waals surface area contributed by atoms with Crippen LogP contribution in [0.3, 0.4) is 0 Å². The van der Waals surface area contributed by atoms with Gasteiger partial charge < -0.3 is 14.2 Å². The molecule has 0 saturated carbocycles. The number of ether oxygens (including phenoxy) is 3. The molecule has 7 heteroatoms. The highest BCUT2D eigenvalue weighted by atomic mass is 79.9. The van der Waals surface area contributed by atoms with Crippen molar-refractivity contribution in [2.75, 3.05) is 6.61 Å². The molecule has 0 N–H and O–H groups in total. The van der Waals surface area contributed by atoms with Gasteiger partial charge in [0, 0.05) is 28.4 Å². The van der Waals surface area contributed by atoms with Crippen LogP contribution in [-0.2, 0) is 19.1 Å². The van der Waals surface area contributed by atoms with Gasteiger partial charge in [-0.15, -0.1) is 0 Å². The largest absolute Gasteiger partial charge is 0.462 e. The predicted molar refractivity (Wildman–Crippen MR) is 119 cm³/mol. The van der Waals surface area contributed by atoms with Gasteiger partial charge in [0.2, 0.25) is 5.88 Å². The molecule has 0 aliphatic rings. The molecule has 1 atom stereocenters. The van der Waals surface area contributed by atoms with Crippen LogP contribution in [0.15, 0.2) is 22.7 Å². The van der Waals surface area contributed by atoms with E-state index in [-0.39, 0.29) is 18.5 Å². The Kier molecular flexibility index (Phi) is 7.30. The van der Waals surface area contributed by atoms with Gasteiger partial charge in [-0.25, -0.2) is 4.98 Å². The Morgan fingerprint density at radius 1 is 1.13 bits per heavy atom. The Balaban J connectivity index is 2.49. The van der Waals surface area contributed by atoms with E-state index in [1.54, 1.807) is 6.07 Å². The van der Waals surface area contributed by atoms with Crippen molar-refractivity contribution in [1.82, 2.24) is 4.98 Å². The average molecular weight is 480 g/mol. The second-order valence-corrected chi connectivity index (χ2v) is 10.1. The van der Waals surface area contributed by atoms with Crippen LogP contribution in [-0.4, -0.2) is 29.1 Å². The van der Waals surface area contributed by atoms with Crippen LogP contribution in [0.5, 0.6) is 5.88 Å². The van der Waals surface area contributed by atoms with E-state index in [1.165, 1.54) is 6.92 Å². The molecule has 2 rings (SSSR count). The van der Waals surface area contributed by atoms with E-state index in [4.69, 9.17) is 14.2 Å². The summed E-state index contributed by atoms with van der Waals surface area (Å²) in [6.07, 6.45) is -0.469. The monoisotopic (exact) mass is 479 g/mol. The molecular weight excluding hydrogens is 450 g/mol. The molecule has 0 fully saturated rings. The molecule has 0 amide bonds. The fourth-order valence-corrected chi connectivity index (χ4v) is 3.83. The maximum Gasteiger partial charge on any atom is 0.311 e. The Bertz CT molecular complexity index is 957. The third-order valence-corrected chi connectivity index (χ3v) is 5.05. The van der Waals surface area contributed by atoms with Crippen LogP contribution in [0.25, 0.3) is 10.9 Å². The molecule has 0 radical (unpaired) electrons. The van der Waals surface area contributed by atoms with E-state index < -0.39 is 23.1 Å². The van der Waals surface area contributed by atoms with Crippen molar-refractivity contribution in [3.8, 4) is 5.88 Å². The van der Waals surface area contributed by atoms with Gasteiger partial charge in [0.05, 0.1) is 16.5 Å². The minimum Gasteiger partial charge on any atom is -0.462 e. The molecule has 164 valence electrons. The van der Waals surface area contributed by atoms with Gasteiger partial charge in [0.1, 0.15) is 12.7 Å². The lowest BCUT2D eigenvalue weighted by molar-refractivity contribution is -0.162. The molecule has 6 nitrogen and oxygen atoms in total. The van der Waals surface area contributed by atoms with Crippen LogP contribution in [0.2, 0.25) is 0 Å². The number of hydrogen-bond acceptors (Lipinski definition) is 6. The normalized spacial score (nSPS) is 13.2. The molecular formula is C23H30BrNO5. The lowest BCUT2D eigenvalue weighted by Crippen LogP contribution is -2.30. The number of fused-ring (bicyclic) bond motifs is 1. The van der Waals surface area contributed by atoms with Crippen molar-refractivity contribution in [3.05, 3.63) is 33.8 Å². The summed E-state index contributed by atoms with van der Waals surface area (Å²) in [5.74, 6) is -0.462. The summed E-state index contributed by atoms with van der Waals surface area (Å²) < 4.78 is 17.8. The Morgan fingerprint density at radius 3 is 2.30 bits per heavy atom. The van der Waals surface area contributed by atoms with Crippen molar-refractivity contribution in [3.63, 3.8) is 0 Å². The fourth-order valence-electron chi connectivity index (χ4n) is 2.92. The molecule has 1 aromatic heterocycles. The summed E-state index contributed by atoms with van der Waals surface area (Å²) in [7, 11) is 0. The number of rotatable bonds is 5. The summed E-state index contributed by atoms with van der Waals surface area (Å²) in [4.78, 5) is 28.0. The predicted octanol–water partition coefficient (Wildman–Crippen LogP) is 5.68. The summed E-state index contributed by atoms with van der Waals surface area (Å²) in [6, 6.07) is 5.39. The van der Waals surface area contributed by atoms with Gasteiger partial charge in [-0.2, -0.15) is 0 Å². The molecule has 0 aliphatic carbocycles. The molecule has 2 aromatic rings. The molecule has 1 heterocycles. The van der Waals surface area contributed by atoms with Crippen LogP contribution in [0.1, 0.15) is 65.7 Å². The van der Waals surface area contributed by atoms with Crippen molar-refractivity contribution in [2.45, 2.75) is 67.1 Å². The van der Waals surface area contributed by atoms with Gasteiger partial charge in [0.15, 0.2) is 0 Å². The minimum atomic E-state index is -0.598. The van der Waals surface area contributed by atoms with Crippen LogP contribution < -0.4 is 4.74 Å². The highest BCUT2D eigenvalue weighted by Crippen LogP contribution is 2.38. The summed E-state index contributed by atoms with van der Waals surface area (Å²) >= 11 is 3.69. The quantitative estimate of drug-likeness (QED) is 0.513. The first kappa shape index (κ1) is 24.3. The highest BCUT2D eigenvalue weighted by molar-refractivity contribution is 9.10. The number of halogens is 1. The molecule has 0 bridgehead atoms. The van der Waals surface area contributed by atoms with E-state index >= 15 is 0 Å². The van der Waals surface area contributed by atoms with E-state index in [9.17, 15) is 9.59 Å². The Morgan fingerprint density at radius 2 is 1.77 bits per heavy atom. The zero-order valence-electron chi connectivity index (χ0n) is 18.9. The third-order valence-electron chi connectivity index (χ3n) is 4.19. The molecule has 1 unspecified atom stereocenters. The maximum absolute atomic E-state index is 12.3. The topological polar surface area (TPSA) is 74.7 Å².